The van der Waals surface area contributed by atoms with Gasteiger partial charge in [-0.1, -0.05) is 0 Å². The van der Waals surface area contributed by atoms with E-state index < -0.39 is 0 Å². The minimum atomic E-state index is -0.195. The van der Waals surface area contributed by atoms with E-state index in [4.69, 9.17) is 0 Å². The highest BCUT2D eigenvalue weighted by atomic mass is 16.2. The molecule has 88 valence electrons. The number of nitrogens with one attached hydrogen (secondary N) is 2. The van der Waals surface area contributed by atoms with Gasteiger partial charge >= 0.3 is 0 Å². The molecular weight excluding hydrogens is 206 g/mol. The van der Waals surface area contributed by atoms with Crippen LogP contribution in [0.5, 0.6) is 0 Å². The number of aryl methyl sites for hydroxylation is 1. The molecule has 0 bridgehead atoms. The number of carbonyl (C=O) groups is 1. The van der Waals surface area contributed by atoms with Crippen LogP contribution < -0.4 is 5.32 Å². The van der Waals surface area contributed by atoms with Crippen LogP contribution in [0.4, 0.5) is 0 Å². The second-order valence-corrected chi connectivity index (χ2v) is 4.37. The highest BCUT2D eigenvalue weighted by molar-refractivity contribution is 5.90. The van der Waals surface area contributed by atoms with Crippen molar-refractivity contribution >= 4 is 5.91 Å². The fourth-order valence-electron chi connectivity index (χ4n) is 1.95. The Morgan fingerprint density at radius 1 is 1.69 bits per heavy atom. The topological polar surface area (TPSA) is 73.9 Å². The van der Waals surface area contributed by atoms with Crippen LogP contribution in [0.1, 0.15) is 22.9 Å². The summed E-state index contributed by atoms with van der Waals surface area (Å²) in [4.78, 5) is 17.9. The summed E-state index contributed by atoms with van der Waals surface area (Å²) in [6.07, 6.45) is 1.14. The van der Waals surface area contributed by atoms with Crippen LogP contribution in [0.25, 0.3) is 0 Å². The van der Waals surface area contributed by atoms with Crippen LogP contribution in [0.3, 0.4) is 0 Å². The Morgan fingerprint density at radius 2 is 2.50 bits per heavy atom. The fraction of sp³-hybridized carbons (Fsp3) is 0.700. The predicted octanol–water partition coefficient (Wildman–Crippen LogP) is -0.205. The lowest BCUT2D eigenvalue weighted by atomic mass is 10.1. The Hall–Kier alpha value is -1.43. The van der Waals surface area contributed by atoms with Crippen molar-refractivity contribution < 1.29 is 4.79 Å². The second kappa shape index (κ2) is 4.61. The lowest BCUT2D eigenvalue weighted by molar-refractivity contribution is 0.0937. The van der Waals surface area contributed by atoms with E-state index in [-0.39, 0.29) is 11.7 Å². The van der Waals surface area contributed by atoms with E-state index in [0.717, 1.165) is 19.5 Å². The molecule has 1 saturated heterocycles. The van der Waals surface area contributed by atoms with E-state index in [9.17, 15) is 4.79 Å². The van der Waals surface area contributed by atoms with E-state index >= 15 is 0 Å². The first kappa shape index (κ1) is 11.1. The normalized spacial score (nSPS) is 21.2. The number of rotatable bonds is 3. The average molecular weight is 223 g/mol. The summed E-state index contributed by atoms with van der Waals surface area (Å²) in [5.41, 5.74) is 0. The molecule has 0 aliphatic carbocycles. The molecule has 1 aliphatic heterocycles. The maximum atomic E-state index is 11.6. The SMILES string of the molecule is Cc1nc(C(=O)NCC2CCN(C)C2)n[nH]1. The van der Waals surface area contributed by atoms with Gasteiger partial charge < -0.3 is 10.2 Å². The Labute approximate surface area is 94.4 Å². The van der Waals surface area contributed by atoms with Crippen LogP contribution in [0.15, 0.2) is 0 Å². The summed E-state index contributed by atoms with van der Waals surface area (Å²) >= 11 is 0. The Kier molecular flexibility index (Phi) is 3.19. The van der Waals surface area contributed by atoms with Gasteiger partial charge in [-0.05, 0) is 32.9 Å². The number of aromatic amines is 1. The van der Waals surface area contributed by atoms with E-state index in [0.29, 0.717) is 18.3 Å². The molecule has 6 nitrogen and oxygen atoms in total. The van der Waals surface area contributed by atoms with Crippen molar-refractivity contribution in [1.82, 2.24) is 25.4 Å². The van der Waals surface area contributed by atoms with Crippen molar-refractivity contribution in [1.29, 1.82) is 0 Å². The Balaban J connectivity index is 1.80. The van der Waals surface area contributed by atoms with Crippen molar-refractivity contribution in [2.75, 3.05) is 26.7 Å². The predicted molar refractivity (Wildman–Crippen MR) is 59.1 cm³/mol. The maximum Gasteiger partial charge on any atom is 0.290 e. The smallest absolute Gasteiger partial charge is 0.290 e. The van der Waals surface area contributed by atoms with Crippen molar-refractivity contribution in [3.63, 3.8) is 0 Å². The molecule has 2 heterocycles. The zero-order valence-electron chi connectivity index (χ0n) is 9.66. The molecule has 0 radical (unpaired) electrons. The quantitative estimate of drug-likeness (QED) is 0.744. The third kappa shape index (κ3) is 2.57. The molecule has 1 aliphatic rings. The minimum absolute atomic E-state index is 0.195. The van der Waals surface area contributed by atoms with Gasteiger partial charge in [0, 0.05) is 13.1 Å². The average Bonchev–Trinajstić information content (AvgIpc) is 2.84. The first-order valence-electron chi connectivity index (χ1n) is 5.51. The number of hydrogen-bond donors (Lipinski definition) is 2. The standard InChI is InChI=1S/C10H17N5O/c1-7-12-9(14-13-7)10(16)11-5-8-3-4-15(2)6-8/h8H,3-6H2,1-2H3,(H,11,16)(H,12,13,14). The third-order valence-corrected chi connectivity index (χ3v) is 2.84. The summed E-state index contributed by atoms with van der Waals surface area (Å²) in [6, 6.07) is 0. The lowest BCUT2D eigenvalue weighted by Gasteiger charge is -2.10. The molecule has 1 fully saturated rings. The number of nitrogens with zero attached hydrogens (tertiary/aromatic N) is 3. The zero-order valence-corrected chi connectivity index (χ0v) is 9.66. The first-order valence-corrected chi connectivity index (χ1v) is 5.51. The molecule has 0 aromatic carbocycles. The van der Waals surface area contributed by atoms with E-state index in [1.54, 1.807) is 6.92 Å². The summed E-state index contributed by atoms with van der Waals surface area (Å²) < 4.78 is 0. The van der Waals surface area contributed by atoms with Gasteiger partial charge in [0.1, 0.15) is 5.82 Å². The Morgan fingerprint density at radius 3 is 3.06 bits per heavy atom. The zero-order chi connectivity index (χ0) is 11.5. The van der Waals surface area contributed by atoms with Gasteiger partial charge in [-0.25, -0.2) is 4.98 Å². The second-order valence-electron chi connectivity index (χ2n) is 4.37. The molecule has 1 amide bonds. The summed E-state index contributed by atoms with van der Waals surface area (Å²) in [6.45, 7) is 4.64. The van der Waals surface area contributed by atoms with Gasteiger partial charge in [-0.2, -0.15) is 0 Å². The van der Waals surface area contributed by atoms with Gasteiger partial charge in [0.2, 0.25) is 5.82 Å². The van der Waals surface area contributed by atoms with Gasteiger partial charge in [-0.3, -0.25) is 9.89 Å². The third-order valence-electron chi connectivity index (χ3n) is 2.84. The molecular formula is C10H17N5O. The summed E-state index contributed by atoms with van der Waals surface area (Å²) in [7, 11) is 2.10. The van der Waals surface area contributed by atoms with Crippen molar-refractivity contribution in [2.24, 2.45) is 5.92 Å². The van der Waals surface area contributed by atoms with Gasteiger partial charge in [0.05, 0.1) is 0 Å². The lowest BCUT2D eigenvalue weighted by Crippen LogP contribution is -2.31. The molecule has 16 heavy (non-hydrogen) atoms. The largest absolute Gasteiger partial charge is 0.349 e. The molecule has 0 spiro atoms. The number of likely N-dealkylation sites (tertiary alicyclic amines) is 1. The van der Waals surface area contributed by atoms with E-state index in [1.165, 1.54) is 0 Å². The monoisotopic (exact) mass is 223 g/mol. The molecule has 1 unspecified atom stereocenters. The molecule has 2 rings (SSSR count). The molecule has 2 N–H and O–H groups in total. The summed E-state index contributed by atoms with van der Waals surface area (Å²) in [5.74, 6) is 1.24. The maximum absolute atomic E-state index is 11.6. The van der Waals surface area contributed by atoms with Gasteiger partial charge in [0.25, 0.3) is 5.91 Å². The molecule has 1 aromatic rings. The van der Waals surface area contributed by atoms with Crippen LogP contribution >= 0.6 is 0 Å². The van der Waals surface area contributed by atoms with Crippen molar-refractivity contribution in [3.8, 4) is 0 Å². The van der Waals surface area contributed by atoms with Crippen LogP contribution in [0.2, 0.25) is 0 Å². The molecule has 1 atom stereocenters. The summed E-state index contributed by atoms with van der Waals surface area (Å²) in [5, 5.41) is 9.34. The molecule has 0 saturated carbocycles. The van der Waals surface area contributed by atoms with Crippen LogP contribution in [-0.4, -0.2) is 52.7 Å². The fourth-order valence-corrected chi connectivity index (χ4v) is 1.95. The number of aromatic nitrogens is 3. The van der Waals surface area contributed by atoms with Gasteiger partial charge in [0.15, 0.2) is 0 Å². The van der Waals surface area contributed by atoms with Crippen molar-refractivity contribution in [3.05, 3.63) is 11.6 Å². The van der Waals surface area contributed by atoms with Crippen LogP contribution in [-0.2, 0) is 0 Å². The highest BCUT2D eigenvalue weighted by Gasteiger charge is 2.20. The van der Waals surface area contributed by atoms with E-state index in [2.05, 4.69) is 32.4 Å². The number of amides is 1. The van der Waals surface area contributed by atoms with Crippen molar-refractivity contribution in [2.45, 2.75) is 13.3 Å². The molecule has 6 heteroatoms. The van der Waals surface area contributed by atoms with E-state index in [1.807, 2.05) is 0 Å². The van der Waals surface area contributed by atoms with Crippen LogP contribution in [0, 0.1) is 12.8 Å². The first-order chi connectivity index (χ1) is 7.65. The number of H-pyrrole nitrogens is 1. The van der Waals surface area contributed by atoms with Gasteiger partial charge in [-0.15, -0.1) is 5.10 Å². The highest BCUT2D eigenvalue weighted by Crippen LogP contribution is 2.12. The minimum Gasteiger partial charge on any atom is -0.349 e. The number of carbonyl (C=O) groups excluding carboxylic acids is 1. The Bertz CT molecular complexity index is 375. The molecule has 1 aromatic heterocycles. The number of hydrogen-bond acceptors (Lipinski definition) is 4.